The van der Waals surface area contributed by atoms with Crippen molar-refractivity contribution in [1.82, 2.24) is 4.31 Å². The van der Waals surface area contributed by atoms with Crippen molar-refractivity contribution < 1.29 is 17.6 Å². The molecular formula is C19H24FN3O3S3. The fourth-order valence-electron chi connectivity index (χ4n) is 2.93. The topological polar surface area (TPSA) is 69.7 Å². The molecule has 0 radical (unpaired) electrons. The smallest absolute Gasteiger partial charge is 0.267 e. The van der Waals surface area contributed by atoms with Crippen molar-refractivity contribution in [2.75, 3.05) is 41.9 Å². The number of sulfonamides is 1. The van der Waals surface area contributed by atoms with Gasteiger partial charge < -0.3 is 10.2 Å². The highest BCUT2D eigenvalue weighted by Gasteiger charge is 2.31. The summed E-state index contributed by atoms with van der Waals surface area (Å²) in [4.78, 5) is 14.6. The molecule has 29 heavy (non-hydrogen) atoms. The lowest BCUT2D eigenvalue weighted by atomic mass is 10.2. The van der Waals surface area contributed by atoms with Crippen LogP contribution in [-0.2, 0) is 10.0 Å². The normalized spacial score (nSPS) is 15.5. The maximum Gasteiger partial charge on any atom is 0.267 e. The molecule has 1 aromatic heterocycles. The summed E-state index contributed by atoms with van der Waals surface area (Å²) in [6.07, 6.45) is 0. The third-order valence-electron chi connectivity index (χ3n) is 4.78. The Balaban J connectivity index is 1.81. The summed E-state index contributed by atoms with van der Waals surface area (Å²) in [6.45, 7) is 4.77. The number of nitrogens with one attached hydrogen (secondary N) is 1. The van der Waals surface area contributed by atoms with E-state index in [-0.39, 0.29) is 21.5 Å². The van der Waals surface area contributed by atoms with E-state index in [9.17, 15) is 17.6 Å². The molecule has 1 aromatic carbocycles. The molecule has 0 aliphatic carbocycles. The number of thioether (sulfide) groups is 1. The van der Waals surface area contributed by atoms with Crippen LogP contribution in [0.5, 0.6) is 0 Å². The van der Waals surface area contributed by atoms with Gasteiger partial charge in [0.2, 0.25) is 10.0 Å². The molecule has 158 valence electrons. The summed E-state index contributed by atoms with van der Waals surface area (Å²) < 4.78 is 41.8. The molecule has 1 fully saturated rings. The molecule has 0 unspecified atom stereocenters. The Labute approximate surface area is 179 Å². The van der Waals surface area contributed by atoms with Crippen LogP contribution < -0.4 is 10.2 Å². The van der Waals surface area contributed by atoms with Crippen molar-refractivity contribution in [2.45, 2.75) is 24.8 Å². The summed E-state index contributed by atoms with van der Waals surface area (Å²) in [6, 6.07) is 6.03. The molecule has 6 nitrogen and oxygen atoms in total. The van der Waals surface area contributed by atoms with Crippen LogP contribution in [0.2, 0.25) is 0 Å². The van der Waals surface area contributed by atoms with Crippen LogP contribution in [0, 0.1) is 5.82 Å². The lowest BCUT2D eigenvalue weighted by molar-refractivity contribution is 0.102. The number of rotatable bonds is 6. The van der Waals surface area contributed by atoms with E-state index < -0.39 is 21.7 Å². The first-order valence-corrected chi connectivity index (χ1v) is 12.7. The number of amides is 1. The molecular weight excluding hydrogens is 433 g/mol. The maximum atomic E-state index is 14.5. The molecule has 0 spiro atoms. The van der Waals surface area contributed by atoms with Crippen molar-refractivity contribution >= 4 is 50.4 Å². The van der Waals surface area contributed by atoms with Gasteiger partial charge in [-0.2, -0.15) is 16.1 Å². The van der Waals surface area contributed by atoms with E-state index in [4.69, 9.17) is 0 Å². The fourth-order valence-corrected chi connectivity index (χ4v) is 6.80. The average molecular weight is 458 g/mol. The van der Waals surface area contributed by atoms with Gasteiger partial charge in [-0.1, -0.05) is 0 Å². The number of carbonyl (C=O) groups excluding carboxylic acids is 1. The van der Waals surface area contributed by atoms with E-state index in [1.54, 1.807) is 41.2 Å². The van der Waals surface area contributed by atoms with E-state index in [1.807, 2.05) is 13.8 Å². The zero-order valence-corrected chi connectivity index (χ0v) is 19.0. The molecule has 1 saturated heterocycles. The lowest BCUT2D eigenvalue weighted by Gasteiger charge is -2.25. The van der Waals surface area contributed by atoms with Crippen LogP contribution in [0.3, 0.4) is 0 Å². The largest absolute Gasteiger partial charge is 0.370 e. The van der Waals surface area contributed by atoms with Crippen molar-refractivity contribution in [3.8, 4) is 0 Å². The number of nitrogens with zero attached hydrogens (tertiary/aromatic N) is 2. The van der Waals surface area contributed by atoms with Gasteiger partial charge in [0.1, 0.15) is 15.6 Å². The summed E-state index contributed by atoms with van der Waals surface area (Å²) in [7, 11) is -1.94. The molecule has 1 N–H and O–H groups in total. The van der Waals surface area contributed by atoms with Crippen molar-refractivity contribution in [3.05, 3.63) is 40.3 Å². The van der Waals surface area contributed by atoms with E-state index >= 15 is 0 Å². The van der Waals surface area contributed by atoms with Gasteiger partial charge in [0, 0.05) is 43.4 Å². The van der Waals surface area contributed by atoms with E-state index in [2.05, 4.69) is 5.32 Å². The van der Waals surface area contributed by atoms with Crippen molar-refractivity contribution in [2.24, 2.45) is 0 Å². The molecule has 0 saturated carbocycles. The average Bonchev–Trinajstić information content (AvgIpc) is 3.19. The minimum atomic E-state index is -3.73. The maximum absolute atomic E-state index is 14.5. The van der Waals surface area contributed by atoms with Gasteiger partial charge in [-0.05, 0) is 43.5 Å². The summed E-state index contributed by atoms with van der Waals surface area (Å²) >= 11 is 2.77. The van der Waals surface area contributed by atoms with Gasteiger partial charge in [-0.25, -0.2) is 12.8 Å². The van der Waals surface area contributed by atoms with Crippen molar-refractivity contribution in [1.29, 1.82) is 0 Å². The fraction of sp³-hybridized carbons (Fsp3) is 0.421. The number of hydrogen-bond donors (Lipinski definition) is 1. The molecule has 0 bridgehead atoms. The SMILES string of the molecule is CC(C)N(C)c1ccc(NC(=O)c2sccc2S(=O)(=O)N2CCSCC2)cc1F. The monoisotopic (exact) mass is 457 g/mol. The van der Waals surface area contributed by atoms with Gasteiger partial charge in [-0.3, -0.25) is 4.79 Å². The number of anilines is 2. The Morgan fingerprint density at radius 1 is 1.24 bits per heavy atom. The third kappa shape index (κ3) is 4.76. The highest BCUT2D eigenvalue weighted by atomic mass is 32.2. The predicted molar refractivity (Wildman–Crippen MR) is 118 cm³/mol. The summed E-state index contributed by atoms with van der Waals surface area (Å²) in [5.74, 6) is 0.459. The molecule has 1 aliphatic heterocycles. The molecule has 1 amide bonds. The first-order valence-electron chi connectivity index (χ1n) is 9.21. The number of benzene rings is 1. The second kappa shape index (κ2) is 9.03. The van der Waals surface area contributed by atoms with Crippen LogP contribution in [0.1, 0.15) is 23.5 Å². The Kier molecular flexibility index (Phi) is 6.87. The Morgan fingerprint density at radius 2 is 1.93 bits per heavy atom. The van der Waals surface area contributed by atoms with E-state index in [0.717, 1.165) is 22.8 Å². The Morgan fingerprint density at radius 3 is 2.55 bits per heavy atom. The molecule has 2 aromatic rings. The zero-order valence-electron chi connectivity index (χ0n) is 16.5. The molecule has 2 heterocycles. The quantitative estimate of drug-likeness (QED) is 0.716. The van der Waals surface area contributed by atoms with Gasteiger partial charge in [0.25, 0.3) is 5.91 Å². The lowest BCUT2D eigenvalue weighted by Crippen LogP contribution is -2.38. The number of carbonyl (C=O) groups is 1. The van der Waals surface area contributed by atoms with E-state index in [0.29, 0.717) is 18.8 Å². The van der Waals surface area contributed by atoms with Gasteiger partial charge in [-0.15, -0.1) is 11.3 Å². The van der Waals surface area contributed by atoms with Crippen LogP contribution in [0.25, 0.3) is 0 Å². The number of thiophene rings is 1. The number of halogens is 1. The minimum absolute atomic E-state index is 0.00327. The summed E-state index contributed by atoms with van der Waals surface area (Å²) in [5.41, 5.74) is 0.708. The Bertz CT molecular complexity index is 986. The summed E-state index contributed by atoms with van der Waals surface area (Å²) in [5, 5.41) is 4.21. The van der Waals surface area contributed by atoms with Crippen LogP contribution in [-0.4, -0.2) is 56.3 Å². The standard InChI is InChI=1S/C19H24FN3O3S3/c1-13(2)22(3)16-5-4-14(12-15(16)20)21-19(24)18-17(6-9-28-18)29(25,26)23-7-10-27-11-8-23/h4-6,9,12-13H,7-8,10-11H2,1-3H3,(H,21,24). The first-order chi connectivity index (χ1) is 13.7. The first kappa shape index (κ1) is 22.1. The van der Waals surface area contributed by atoms with Crippen LogP contribution >= 0.6 is 23.1 Å². The van der Waals surface area contributed by atoms with Crippen molar-refractivity contribution in [3.63, 3.8) is 0 Å². The molecule has 1 aliphatic rings. The van der Waals surface area contributed by atoms with Crippen LogP contribution in [0.15, 0.2) is 34.5 Å². The van der Waals surface area contributed by atoms with Gasteiger partial charge >= 0.3 is 0 Å². The second-order valence-electron chi connectivity index (χ2n) is 6.96. The number of hydrogen-bond acceptors (Lipinski definition) is 6. The Hall–Kier alpha value is -1.62. The second-order valence-corrected chi connectivity index (χ2v) is 11.0. The van der Waals surface area contributed by atoms with E-state index in [1.165, 1.54) is 16.4 Å². The zero-order chi connectivity index (χ0) is 21.2. The molecule has 3 rings (SSSR count). The molecule has 0 atom stereocenters. The van der Waals surface area contributed by atoms with Gasteiger partial charge in [0.15, 0.2) is 0 Å². The minimum Gasteiger partial charge on any atom is -0.370 e. The highest BCUT2D eigenvalue weighted by Crippen LogP contribution is 2.29. The molecule has 10 heteroatoms. The highest BCUT2D eigenvalue weighted by molar-refractivity contribution is 7.99. The van der Waals surface area contributed by atoms with Crippen LogP contribution in [0.4, 0.5) is 15.8 Å². The predicted octanol–water partition coefficient (Wildman–Crippen LogP) is 3.72. The van der Waals surface area contributed by atoms with Gasteiger partial charge in [0.05, 0.1) is 5.69 Å². The third-order valence-corrected chi connectivity index (χ3v) is 8.71.